The van der Waals surface area contributed by atoms with Crippen LogP contribution in [0.1, 0.15) is 13.3 Å². The molecule has 1 rings (SSSR count). The summed E-state index contributed by atoms with van der Waals surface area (Å²) < 4.78 is 26.1. The molecule has 0 heterocycles. The van der Waals surface area contributed by atoms with Crippen molar-refractivity contribution in [2.45, 2.75) is 18.2 Å². The molecule has 0 saturated carbocycles. The van der Waals surface area contributed by atoms with Gasteiger partial charge in [-0.3, -0.25) is 9.59 Å². The van der Waals surface area contributed by atoms with Crippen LogP contribution in [-0.2, 0) is 19.6 Å². The van der Waals surface area contributed by atoms with Crippen LogP contribution in [0.15, 0.2) is 29.2 Å². The van der Waals surface area contributed by atoms with E-state index in [0.717, 1.165) is 6.42 Å². The third kappa shape index (κ3) is 5.70. The Morgan fingerprint density at radius 2 is 1.73 bits per heavy atom. The lowest BCUT2D eigenvalue weighted by molar-refractivity contribution is -0.125. The molecule has 0 aliphatic heterocycles. The first-order valence-electron chi connectivity index (χ1n) is 6.74. The first-order valence-corrected chi connectivity index (χ1v) is 8.22. The van der Waals surface area contributed by atoms with Gasteiger partial charge in [-0.15, -0.1) is 0 Å². The predicted molar refractivity (Wildman–Crippen MR) is 82.4 cm³/mol. The van der Waals surface area contributed by atoms with Crippen molar-refractivity contribution in [1.82, 2.24) is 15.4 Å². The van der Waals surface area contributed by atoms with Gasteiger partial charge in [0, 0.05) is 6.54 Å². The Bertz CT molecular complexity index is 631. The molecule has 0 bridgehead atoms. The van der Waals surface area contributed by atoms with Gasteiger partial charge in [0.2, 0.25) is 21.8 Å². The van der Waals surface area contributed by atoms with Crippen molar-refractivity contribution >= 4 is 27.5 Å². The van der Waals surface area contributed by atoms with E-state index >= 15 is 0 Å². The minimum atomic E-state index is -3.88. The van der Waals surface area contributed by atoms with E-state index in [0.29, 0.717) is 6.54 Å². The molecule has 1 aromatic carbocycles. The summed E-state index contributed by atoms with van der Waals surface area (Å²) in [5.41, 5.74) is 5.68. The number of anilines is 1. The fraction of sp³-hybridized carbons (Fsp3) is 0.385. The van der Waals surface area contributed by atoms with Gasteiger partial charge in [-0.2, -0.15) is 0 Å². The molecule has 0 spiro atoms. The van der Waals surface area contributed by atoms with E-state index in [-0.39, 0.29) is 23.0 Å². The highest BCUT2D eigenvalue weighted by Gasteiger charge is 2.18. The van der Waals surface area contributed by atoms with Crippen LogP contribution in [0.25, 0.3) is 0 Å². The number of para-hydroxylation sites is 1. The maximum Gasteiger partial charge on any atom is 0.243 e. The fourth-order valence-electron chi connectivity index (χ4n) is 1.53. The number of hydrogen-bond acceptors (Lipinski definition) is 5. The van der Waals surface area contributed by atoms with Gasteiger partial charge in [-0.25, -0.2) is 13.1 Å². The average molecular weight is 328 g/mol. The molecule has 0 aliphatic rings. The second kappa shape index (κ2) is 8.35. The normalized spacial score (nSPS) is 11.0. The zero-order valence-corrected chi connectivity index (χ0v) is 13.1. The quantitative estimate of drug-likeness (QED) is 0.464. The Hall–Kier alpha value is -2.13. The SMILES string of the molecule is CCCNC(=O)CNC(=O)CNS(=O)(=O)c1ccccc1N. The van der Waals surface area contributed by atoms with E-state index in [1.807, 2.05) is 6.92 Å². The van der Waals surface area contributed by atoms with Crippen molar-refractivity contribution in [3.05, 3.63) is 24.3 Å². The van der Waals surface area contributed by atoms with Crippen LogP contribution in [0.4, 0.5) is 5.69 Å². The van der Waals surface area contributed by atoms with Crippen molar-refractivity contribution in [2.75, 3.05) is 25.4 Å². The molecule has 0 aromatic heterocycles. The Labute approximate surface area is 129 Å². The number of amides is 2. The highest BCUT2D eigenvalue weighted by Crippen LogP contribution is 2.16. The van der Waals surface area contributed by atoms with E-state index in [1.165, 1.54) is 18.2 Å². The Morgan fingerprint density at radius 3 is 2.36 bits per heavy atom. The predicted octanol–water partition coefficient (Wildman–Crippen LogP) is -0.810. The van der Waals surface area contributed by atoms with Crippen LogP contribution in [-0.4, -0.2) is 39.9 Å². The highest BCUT2D eigenvalue weighted by molar-refractivity contribution is 7.89. The average Bonchev–Trinajstić information content (AvgIpc) is 2.49. The summed E-state index contributed by atoms with van der Waals surface area (Å²) in [4.78, 5) is 22.7. The number of carbonyl (C=O) groups is 2. The number of hydrogen-bond donors (Lipinski definition) is 4. The highest BCUT2D eigenvalue weighted by atomic mass is 32.2. The van der Waals surface area contributed by atoms with Crippen LogP contribution in [0.2, 0.25) is 0 Å². The number of benzene rings is 1. The standard InChI is InChI=1S/C13H20N4O4S/c1-2-7-15-12(18)8-16-13(19)9-17-22(20,21)11-6-4-3-5-10(11)14/h3-6,17H,2,7-9,14H2,1H3,(H,15,18)(H,16,19). The number of rotatable bonds is 8. The van der Waals surface area contributed by atoms with Crippen LogP contribution in [0.5, 0.6) is 0 Å². The summed E-state index contributed by atoms with van der Waals surface area (Å²) >= 11 is 0. The molecule has 0 saturated heterocycles. The lowest BCUT2D eigenvalue weighted by Gasteiger charge is -2.09. The number of nitrogens with two attached hydrogens (primary N) is 1. The summed E-state index contributed by atoms with van der Waals surface area (Å²) in [5, 5.41) is 4.91. The van der Waals surface area contributed by atoms with E-state index in [1.54, 1.807) is 6.07 Å². The molecule has 2 amide bonds. The van der Waals surface area contributed by atoms with Crippen molar-refractivity contribution in [3.63, 3.8) is 0 Å². The molecular weight excluding hydrogens is 308 g/mol. The van der Waals surface area contributed by atoms with E-state index < -0.39 is 22.5 Å². The third-order valence-corrected chi connectivity index (χ3v) is 4.12. The zero-order chi connectivity index (χ0) is 16.6. The molecule has 0 unspecified atom stereocenters. The molecule has 8 nitrogen and oxygen atoms in total. The summed E-state index contributed by atoms with van der Waals surface area (Å²) in [6.45, 7) is 1.75. The summed E-state index contributed by atoms with van der Waals surface area (Å²) in [5.74, 6) is -0.935. The van der Waals surface area contributed by atoms with Crippen molar-refractivity contribution in [3.8, 4) is 0 Å². The molecule has 122 valence electrons. The number of nitrogen functional groups attached to an aromatic ring is 1. The van der Waals surface area contributed by atoms with Crippen LogP contribution < -0.4 is 21.1 Å². The van der Waals surface area contributed by atoms with Gasteiger partial charge in [0.1, 0.15) is 4.90 Å². The molecule has 0 aliphatic carbocycles. The minimum Gasteiger partial charge on any atom is -0.398 e. The molecular formula is C13H20N4O4S. The smallest absolute Gasteiger partial charge is 0.243 e. The van der Waals surface area contributed by atoms with Crippen molar-refractivity contribution in [1.29, 1.82) is 0 Å². The largest absolute Gasteiger partial charge is 0.398 e. The molecule has 0 fully saturated rings. The first-order chi connectivity index (χ1) is 10.4. The maximum atomic E-state index is 12.0. The van der Waals surface area contributed by atoms with Crippen LogP contribution in [0.3, 0.4) is 0 Å². The van der Waals surface area contributed by atoms with Gasteiger partial charge in [0.25, 0.3) is 0 Å². The van der Waals surface area contributed by atoms with Gasteiger partial charge in [-0.1, -0.05) is 19.1 Å². The summed E-state index contributed by atoms with van der Waals surface area (Å²) in [6, 6.07) is 5.93. The summed E-state index contributed by atoms with van der Waals surface area (Å²) in [7, 11) is -3.88. The van der Waals surface area contributed by atoms with Gasteiger partial charge >= 0.3 is 0 Å². The lowest BCUT2D eigenvalue weighted by Crippen LogP contribution is -2.42. The van der Waals surface area contributed by atoms with Gasteiger partial charge in [-0.05, 0) is 18.6 Å². The first kappa shape index (κ1) is 17.9. The number of nitrogens with one attached hydrogen (secondary N) is 3. The molecule has 5 N–H and O–H groups in total. The van der Waals surface area contributed by atoms with Gasteiger partial charge in [0.05, 0.1) is 18.8 Å². The lowest BCUT2D eigenvalue weighted by atomic mass is 10.3. The molecule has 0 atom stereocenters. The number of carbonyl (C=O) groups excluding carboxylic acids is 2. The van der Waals surface area contributed by atoms with E-state index in [9.17, 15) is 18.0 Å². The minimum absolute atomic E-state index is 0.0920. The second-order valence-electron chi connectivity index (χ2n) is 4.49. The van der Waals surface area contributed by atoms with E-state index in [4.69, 9.17) is 5.73 Å². The van der Waals surface area contributed by atoms with E-state index in [2.05, 4.69) is 15.4 Å². The van der Waals surface area contributed by atoms with Crippen LogP contribution >= 0.6 is 0 Å². The Balaban J connectivity index is 2.47. The summed E-state index contributed by atoms with van der Waals surface area (Å²) in [6.07, 6.45) is 0.790. The molecule has 9 heteroatoms. The monoisotopic (exact) mass is 328 g/mol. The second-order valence-corrected chi connectivity index (χ2v) is 6.22. The number of sulfonamides is 1. The molecule has 1 aromatic rings. The fourth-order valence-corrected chi connectivity index (χ4v) is 2.64. The third-order valence-electron chi connectivity index (χ3n) is 2.65. The van der Waals surface area contributed by atoms with Crippen LogP contribution in [0, 0.1) is 0 Å². The molecule has 22 heavy (non-hydrogen) atoms. The van der Waals surface area contributed by atoms with Gasteiger partial charge < -0.3 is 16.4 Å². The molecule has 0 radical (unpaired) electrons. The van der Waals surface area contributed by atoms with Crippen molar-refractivity contribution in [2.24, 2.45) is 0 Å². The van der Waals surface area contributed by atoms with Gasteiger partial charge in [0.15, 0.2) is 0 Å². The zero-order valence-electron chi connectivity index (χ0n) is 12.3. The topological polar surface area (TPSA) is 130 Å². The Kier molecular flexibility index (Phi) is 6.80. The Morgan fingerprint density at radius 1 is 1.09 bits per heavy atom. The van der Waals surface area contributed by atoms with Crippen molar-refractivity contribution < 1.29 is 18.0 Å². The maximum absolute atomic E-state index is 12.0.